The highest BCUT2D eigenvalue weighted by Gasteiger charge is 2.05. The number of ether oxygens (including phenoxy) is 2. The molecule has 0 radical (unpaired) electrons. The van der Waals surface area contributed by atoms with Crippen molar-refractivity contribution in [1.82, 2.24) is 4.98 Å². The molecule has 0 bridgehead atoms. The number of hydrogen-bond acceptors (Lipinski definition) is 3. The molecule has 1 aromatic heterocycles. The molecule has 1 heterocycles. The van der Waals surface area contributed by atoms with E-state index in [0.29, 0.717) is 13.2 Å². The van der Waals surface area contributed by atoms with Crippen molar-refractivity contribution in [1.29, 1.82) is 0 Å². The number of aromatic amines is 1. The van der Waals surface area contributed by atoms with Crippen molar-refractivity contribution in [2.45, 2.75) is 0 Å². The molecule has 0 saturated heterocycles. The van der Waals surface area contributed by atoms with Crippen molar-refractivity contribution in [2.24, 2.45) is 0 Å². The predicted octanol–water partition coefficient (Wildman–Crippen LogP) is 2.07. The number of hydrogen-bond donors (Lipinski definition) is 1. The number of rotatable bonds is 5. The van der Waals surface area contributed by atoms with Crippen LogP contribution in [0.25, 0.3) is 11.3 Å². The number of para-hydroxylation sites is 1. The first-order valence-electron chi connectivity index (χ1n) is 5.72. The van der Waals surface area contributed by atoms with E-state index in [1.165, 1.54) is 6.07 Å². The minimum absolute atomic E-state index is 0.126. The Hall–Kier alpha value is -2.07. The van der Waals surface area contributed by atoms with Crippen LogP contribution in [0.3, 0.4) is 0 Å². The maximum Gasteiger partial charge on any atom is 0.248 e. The molecule has 0 unspecified atom stereocenters. The molecule has 2 rings (SSSR count). The summed E-state index contributed by atoms with van der Waals surface area (Å²) in [7, 11) is 1.63. The molecule has 0 aliphatic heterocycles. The van der Waals surface area contributed by atoms with E-state index in [1.807, 2.05) is 30.3 Å². The highest BCUT2D eigenvalue weighted by molar-refractivity contribution is 5.66. The van der Waals surface area contributed by atoms with E-state index in [9.17, 15) is 4.79 Å². The number of aromatic nitrogens is 1. The molecule has 4 heteroatoms. The van der Waals surface area contributed by atoms with E-state index in [-0.39, 0.29) is 5.56 Å². The van der Waals surface area contributed by atoms with Crippen LogP contribution in [-0.4, -0.2) is 25.3 Å². The van der Waals surface area contributed by atoms with Gasteiger partial charge in [-0.05, 0) is 18.2 Å². The third-order valence-electron chi connectivity index (χ3n) is 2.49. The van der Waals surface area contributed by atoms with Crippen LogP contribution >= 0.6 is 0 Å². The second kappa shape index (κ2) is 6.02. The molecule has 94 valence electrons. The van der Waals surface area contributed by atoms with Gasteiger partial charge in [0, 0.05) is 18.7 Å². The molecule has 0 spiro atoms. The van der Waals surface area contributed by atoms with Crippen LogP contribution in [0.4, 0.5) is 0 Å². The van der Waals surface area contributed by atoms with Gasteiger partial charge in [0.1, 0.15) is 12.4 Å². The molecule has 0 atom stereocenters. The first kappa shape index (κ1) is 12.4. The minimum Gasteiger partial charge on any atom is -0.490 e. The smallest absolute Gasteiger partial charge is 0.248 e. The van der Waals surface area contributed by atoms with Gasteiger partial charge in [-0.1, -0.05) is 18.2 Å². The van der Waals surface area contributed by atoms with Crippen LogP contribution in [0, 0.1) is 0 Å². The highest BCUT2D eigenvalue weighted by Crippen LogP contribution is 2.27. The third kappa shape index (κ3) is 2.99. The Bertz CT molecular complexity index is 563. The zero-order chi connectivity index (χ0) is 12.8. The molecular formula is C14H15NO3. The highest BCUT2D eigenvalue weighted by atomic mass is 16.5. The van der Waals surface area contributed by atoms with Gasteiger partial charge < -0.3 is 14.5 Å². The van der Waals surface area contributed by atoms with Crippen molar-refractivity contribution >= 4 is 0 Å². The fraction of sp³-hybridized carbons (Fsp3) is 0.214. The van der Waals surface area contributed by atoms with Crippen molar-refractivity contribution < 1.29 is 9.47 Å². The van der Waals surface area contributed by atoms with Gasteiger partial charge in [-0.25, -0.2) is 0 Å². The average Bonchev–Trinajstić information content (AvgIpc) is 2.40. The fourth-order valence-corrected chi connectivity index (χ4v) is 1.65. The number of pyridine rings is 1. The Labute approximate surface area is 105 Å². The maximum atomic E-state index is 11.3. The first-order chi connectivity index (χ1) is 8.81. The molecule has 4 nitrogen and oxygen atoms in total. The Kier molecular flexibility index (Phi) is 4.15. The van der Waals surface area contributed by atoms with Crippen molar-refractivity contribution in [3.63, 3.8) is 0 Å². The molecule has 0 fully saturated rings. The largest absolute Gasteiger partial charge is 0.490 e. The Balaban J connectivity index is 2.29. The molecule has 1 aromatic carbocycles. The molecule has 0 aliphatic carbocycles. The maximum absolute atomic E-state index is 11.3. The lowest BCUT2D eigenvalue weighted by atomic mass is 10.1. The second-order valence-electron chi connectivity index (χ2n) is 3.77. The summed E-state index contributed by atoms with van der Waals surface area (Å²) in [6, 6.07) is 12.6. The van der Waals surface area contributed by atoms with E-state index in [0.717, 1.165) is 17.0 Å². The number of benzene rings is 1. The topological polar surface area (TPSA) is 51.3 Å². The molecule has 1 N–H and O–H groups in total. The number of H-pyrrole nitrogens is 1. The first-order valence-corrected chi connectivity index (χ1v) is 5.72. The third-order valence-corrected chi connectivity index (χ3v) is 2.49. The van der Waals surface area contributed by atoms with E-state index in [4.69, 9.17) is 9.47 Å². The van der Waals surface area contributed by atoms with Crippen molar-refractivity contribution in [3.8, 4) is 17.0 Å². The molecule has 0 saturated carbocycles. The Morgan fingerprint density at radius 3 is 2.67 bits per heavy atom. The van der Waals surface area contributed by atoms with E-state index >= 15 is 0 Å². The zero-order valence-electron chi connectivity index (χ0n) is 10.2. The minimum atomic E-state index is -0.126. The average molecular weight is 245 g/mol. The van der Waals surface area contributed by atoms with Crippen molar-refractivity contribution in [2.75, 3.05) is 20.3 Å². The zero-order valence-corrected chi connectivity index (χ0v) is 10.2. The van der Waals surface area contributed by atoms with E-state index < -0.39 is 0 Å². The van der Waals surface area contributed by atoms with Gasteiger partial charge in [-0.2, -0.15) is 0 Å². The van der Waals surface area contributed by atoms with Crippen LogP contribution in [0.2, 0.25) is 0 Å². The monoisotopic (exact) mass is 245 g/mol. The molecular weight excluding hydrogens is 230 g/mol. The van der Waals surface area contributed by atoms with Gasteiger partial charge >= 0.3 is 0 Å². The summed E-state index contributed by atoms with van der Waals surface area (Å²) in [6.45, 7) is 1.00. The summed E-state index contributed by atoms with van der Waals surface area (Å²) < 4.78 is 10.6. The van der Waals surface area contributed by atoms with Crippen LogP contribution in [0.5, 0.6) is 5.75 Å². The Morgan fingerprint density at radius 1 is 1.06 bits per heavy atom. The molecule has 0 aliphatic rings. The SMILES string of the molecule is COCCOc1ccccc1-c1cccc(=O)[nH]1. The van der Waals surface area contributed by atoms with Crippen molar-refractivity contribution in [3.05, 3.63) is 52.8 Å². The summed E-state index contributed by atoms with van der Waals surface area (Å²) in [5, 5.41) is 0. The fourth-order valence-electron chi connectivity index (χ4n) is 1.65. The van der Waals surface area contributed by atoms with Gasteiger partial charge in [0.05, 0.1) is 12.3 Å². The van der Waals surface area contributed by atoms with Crippen LogP contribution in [0.1, 0.15) is 0 Å². The lowest BCUT2D eigenvalue weighted by molar-refractivity contribution is 0.146. The van der Waals surface area contributed by atoms with E-state index in [2.05, 4.69) is 4.98 Å². The van der Waals surface area contributed by atoms with Crippen LogP contribution in [-0.2, 0) is 4.74 Å². The van der Waals surface area contributed by atoms with Gasteiger partial charge in [0.2, 0.25) is 5.56 Å². The van der Waals surface area contributed by atoms with Gasteiger partial charge in [0.15, 0.2) is 0 Å². The second-order valence-corrected chi connectivity index (χ2v) is 3.77. The van der Waals surface area contributed by atoms with Crippen LogP contribution < -0.4 is 10.3 Å². The summed E-state index contributed by atoms with van der Waals surface area (Å²) >= 11 is 0. The number of methoxy groups -OCH3 is 1. The lowest BCUT2D eigenvalue weighted by Gasteiger charge is -2.10. The molecule has 18 heavy (non-hydrogen) atoms. The molecule has 0 amide bonds. The van der Waals surface area contributed by atoms with E-state index in [1.54, 1.807) is 13.2 Å². The summed E-state index contributed by atoms with van der Waals surface area (Å²) in [5.74, 6) is 0.733. The standard InChI is InChI=1S/C14H15NO3/c1-17-9-10-18-13-7-3-2-5-11(13)12-6-4-8-14(16)15-12/h2-8H,9-10H2,1H3,(H,15,16). The van der Waals surface area contributed by atoms with Gasteiger partial charge in [0.25, 0.3) is 0 Å². The molecule has 2 aromatic rings. The quantitative estimate of drug-likeness (QED) is 0.820. The predicted molar refractivity (Wildman–Crippen MR) is 69.9 cm³/mol. The van der Waals surface area contributed by atoms with Gasteiger partial charge in [-0.15, -0.1) is 0 Å². The normalized spacial score (nSPS) is 10.3. The summed E-state index contributed by atoms with van der Waals surface area (Å²) in [5.41, 5.74) is 1.49. The lowest BCUT2D eigenvalue weighted by Crippen LogP contribution is -2.07. The number of nitrogens with one attached hydrogen (secondary N) is 1. The summed E-state index contributed by atoms with van der Waals surface area (Å²) in [4.78, 5) is 14.1. The summed E-state index contributed by atoms with van der Waals surface area (Å²) in [6.07, 6.45) is 0. The Morgan fingerprint density at radius 2 is 1.89 bits per heavy atom. The van der Waals surface area contributed by atoms with Crippen LogP contribution in [0.15, 0.2) is 47.3 Å². The van der Waals surface area contributed by atoms with Gasteiger partial charge in [-0.3, -0.25) is 4.79 Å².